The molecule has 0 atom stereocenters. The smallest absolute Gasteiger partial charge is 0.164 e. The SMILES string of the molecule is C1=CCCC(c2ccc(-c3nc(-c4ccccc4)nc(-c4ccc5c(c4)sc4cccc(-c6cccc(-c7ccccc7)c6)c45)n3)cc2)=C1. The van der Waals surface area contributed by atoms with Crippen molar-refractivity contribution in [2.75, 3.05) is 0 Å². The normalized spacial score (nSPS) is 12.8. The molecule has 232 valence electrons. The fraction of sp³-hybridized carbons (Fsp3) is 0.0444. The third-order valence-corrected chi connectivity index (χ3v) is 10.3. The lowest BCUT2D eigenvalue weighted by Crippen LogP contribution is -2.00. The number of hydrogen-bond donors (Lipinski definition) is 0. The molecule has 3 nitrogen and oxygen atoms in total. The van der Waals surface area contributed by atoms with E-state index in [1.165, 1.54) is 53.6 Å². The van der Waals surface area contributed by atoms with Crippen LogP contribution < -0.4 is 0 Å². The number of thiophene rings is 1. The number of allylic oxidation sites excluding steroid dienone is 4. The van der Waals surface area contributed by atoms with Crippen molar-refractivity contribution in [2.24, 2.45) is 0 Å². The number of rotatable bonds is 6. The van der Waals surface area contributed by atoms with Crippen molar-refractivity contribution < 1.29 is 0 Å². The van der Waals surface area contributed by atoms with E-state index in [2.05, 4.69) is 146 Å². The van der Waals surface area contributed by atoms with Crippen LogP contribution in [0.4, 0.5) is 0 Å². The average Bonchev–Trinajstić information content (AvgIpc) is 3.57. The minimum absolute atomic E-state index is 0.668. The fourth-order valence-electron chi connectivity index (χ4n) is 6.73. The van der Waals surface area contributed by atoms with Crippen LogP contribution in [-0.4, -0.2) is 15.0 Å². The molecule has 49 heavy (non-hydrogen) atoms. The van der Waals surface area contributed by atoms with Crippen LogP contribution in [0.2, 0.25) is 0 Å². The van der Waals surface area contributed by atoms with Gasteiger partial charge < -0.3 is 0 Å². The van der Waals surface area contributed by atoms with Gasteiger partial charge in [0.05, 0.1) is 0 Å². The first-order valence-electron chi connectivity index (χ1n) is 16.7. The highest BCUT2D eigenvalue weighted by Crippen LogP contribution is 2.42. The molecule has 4 heteroatoms. The van der Waals surface area contributed by atoms with Crippen LogP contribution in [-0.2, 0) is 0 Å². The van der Waals surface area contributed by atoms with E-state index in [1.54, 1.807) is 0 Å². The van der Waals surface area contributed by atoms with Gasteiger partial charge in [-0.05, 0) is 64.4 Å². The Morgan fingerprint density at radius 1 is 0.449 bits per heavy atom. The molecule has 9 rings (SSSR count). The van der Waals surface area contributed by atoms with Gasteiger partial charge >= 0.3 is 0 Å². The molecule has 0 unspecified atom stereocenters. The summed E-state index contributed by atoms with van der Waals surface area (Å²) in [5.41, 5.74) is 10.4. The topological polar surface area (TPSA) is 38.7 Å². The second kappa shape index (κ2) is 12.6. The van der Waals surface area contributed by atoms with Gasteiger partial charge in [-0.2, -0.15) is 0 Å². The van der Waals surface area contributed by atoms with Crippen LogP contribution in [0.15, 0.2) is 164 Å². The lowest BCUT2D eigenvalue weighted by Gasteiger charge is -2.11. The van der Waals surface area contributed by atoms with Crippen molar-refractivity contribution in [3.8, 4) is 56.4 Å². The zero-order valence-electron chi connectivity index (χ0n) is 26.8. The van der Waals surface area contributed by atoms with Gasteiger partial charge in [0.2, 0.25) is 0 Å². The van der Waals surface area contributed by atoms with Crippen molar-refractivity contribution in [2.45, 2.75) is 12.8 Å². The van der Waals surface area contributed by atoms with Crippen LogP contribution in [0, 0.1) is 0 Å². The number of benzene rings is 6. The molecular formula is C45H31N3S. The highest BCUT2D eigenvalue weighted by Gasteiger charge is 2.16. The zero-order valence-corrected chi connectivity index (χ0v) is 27.6. The summed E-state index contributed by atoms with van der Waals surface area (Å²) in [6.07, 6.45) is 8.72. The Hall–Kier alpha value is -5.97. The van der Waals surface area contributed by atoms with Gasteiger partial charge in [0.25, 0.3) is 0 Å². The Morgan fingerprint density at radius 2 is 1.06 bits per heavy atom. The Morgan fingerprint density at radius 3 is 1.80 bits per heavy atom. The van der Waals surface area contributed by atoms with Crippen LogP contribution in [0.25, 0.3) is 82.2 Å². The van der Waals surface area contributed by atoms with Gasteiger partial charge in [0.15, 0.2) is 17.5 Å². The maximum Gasteiger partial charge on any atom is 0.164 e. The maximum absolute atomic E-state index is 5.06. The molecule has 0 bridgehead atoms. The summed E-state index contributed by atoms with van der Waals surface area (Å²) in [5, 5.41) is 2.52. The number of nitrogens with zero attached hydrogens (tertiary/aromatic N) is 3. The van der Waals surface area contributed by atoms with Crippen LogP contribution >= 0.6 is 11.3 Å². The molecule has 8 aromatic rings. The third-order valence-electron chi connectivity index (χ3n) is 9.23. The summed E-state index contributed by atoms with van der Waals surface area (Å²) in [4.78, 5) is 15.1. The molecule has 1 aliphatic rings. The zero-order chi connectivity index (χ0) is 32.6. The van der Waals surface area contributed by atoms with Gasteiger partial charge in [-0.1, -0.05) is 146 Å². The standard InChI is InChI=1S/C45H31N3S/c1-4-12-30(13-5-1)32-22-24-34(25-23-32)44-46-43(33-16-8-3-9-17-33)47-45(48-44)37-26-27-39-41(29-37)49-40-21-11-20-38(42(39)40)36-19-10-18-35(28-36)31-14-6-2-7-15-31/h1-4,6-12,14-29H,5,13H2. The second-order valence-electron chi connectivity index (χ2n) is 12.3. The molecule has 0 radical (unpaired) electrons. The lowest BCUT2D eigenvalue weighted by atomic mass is 9.96. The first-order valence-corrected chi connectivity index (χ1v) is 17.5. The molecule has 0 saturated heterocycles. The molecule has 2 aromatic heterocycles. The van der Waals surface area contributed by atoms with E-state index >= 15 is 0 Å². The lowest BCUT2D eigenvalue weighted by molar-refractivity contribution is 1.05. The van der Waals surface area contributed by atoms with E-state index < -0.39 is 0 Å². The van der Waals surface area contributed by atoms with E-state index in [9.17, 15) is 0 Å². The summed E-state index contributed by atoms with van der Waals surface area (Å²) >= 11 is 1.81. The van der Waals surface area contributed by atoms with Crippen molar-refractivity contribution in [3.05, 3.63) is 169 Å². The Kier molecular flexibility index (Phi) is 7.49. The number of hydrogen-bond acceptors (Lipinski definition) is 4. The van der Waals surface area contributed by atoms with E-state index in [0.717, 1.165) is 29.5 Å². The van der Waals surface area contributed by atoms with Gasteiger partial charge in [-0.25, -0.2) is 15.0 Å². The summed E-state index contributed by atoms with van der Waals surface area (Å²) in [6.45, 7) is 0. The van der Waals surface area contributed by atoms with Gasteiger partial charge in [0.1, 0.15) is 0 Å². The quantitative estimate of drug-likeness (QED) is 0.181. The molecule has 1 aliphatic carbocycles. The molecule has 0 spiro atoms. The minimum Gasteiger partial charge on any atom is -0.208 e. The van der Waals surface area contributed by atoms with Crippen LogP contribution in [0.1, 0.15) is 18.4 Å². The Balaban J connectivity index is 1.14. The van der Waals surface area contributed by atoms with Crippen molar-refractivity contribution >= 4 is 37.1 Å². The molecule has 2 heterocycles. The molecule has 0 amide bonds. The van der Waals surface area contributed by atoms with Gasteiger partial charge in [-0.3, -0.25) is 0 Å². The highest BCUT2D eigenvalue weighted by atomic mass is 32.1. The largest absolute Gasteiger partial charge is 0.208 e. The van der Waals surface area contributed by atoms with Crippen LogP contribution in [0.3, 0.4) is 0 Å². The second-order valence-corrected chi connectivity index (χ2v) is 13.4. The predicted molar refractivity (Wildman–Crippen MR) is 206 cm³/mol. The first kappa shape index (κ1) is 29.2. The van der Waals surface area contributed by atoms with E-state index in [-0.39, 0.29) is 0 Å². The van der Waals surface area contributed by atoms with E-state index in [0.29, 0.717) is 17.5 Å². The van der Waals surface area contributed by atoms with Gasteiger partial charge in [0, 0.05) is 36.9 Å². The Bertz CT molecular complexity index is 2530. The van der Waals surface area contributed by atoms with Crippen molar-refractivity contribution in [1.29, 1.82) is 0 Å². The van der Waals surface area contributed by atoms with Crippen molar-refractivity contribution in [1.82, 2.24) is 15.0 Å². The van der Waals surface area contributed by atoms with Crippen molar-refractivity contribution in [3.63, 3.8) is 0 Å². The maximum atomic E-state index is 5.06. The summed E-state index contributed by atoms with van der Waals surface area (Å²) in [6, 6.07) is 51.5. The molecule has 0 N–H and O–H groups in total. The third kappa shape index (κ3) is 5.67. The van der Waals surface area contributed by atoms with E-state index in [1.807, 2.05) is 29.5 Å². The molecule has 6 aromatic carbocycles. The molecule has 0 fully saturated rings. The average molecular weight is 646 g/mol. The fourth-order valence-corrected chi connectivity index (χ4v) is 7.90. The Labute approximate surface area is 289 Å². The number of fused-ring (bicyclic) bond motifs is 3. The predicted octanol–water partition coefficient (Wildman–Crippen LogP) is 12.3. The molecule has 0 saturated carbocycles. The number of aromatic nitrogens is 3. The summed E-state index contributed by atoms with van der Waals surface area (Å²) in [5.74, 6) is 2.01. The highest BCUT2D eigenvalue weighted by molar-refractivity contribution is 7.26. The van der Waals surface area contributed by atoms with Crippen LogP contribution in [0.5, 0.6) is 0 Å². The monoisotopic (exact) mass is 645 g/mol. The van der Waals surface area contributed by atoms with Gasteiger partial charge in [-0.15, -0.1) is 11.3 Å². The van der Waals surface area contributed by atoms with E-state index in [4.69, 9.17) is 15.0 Å². The molecular weight excluding hydrogens is 615 g/mol. The minimum atomic E-state index is 0.668. The molecule has 0 aliphatic heterocycles. The summed E-state index contributed by atoms with van der Waals surface area (Å²) < 4.78 is 2.47. The first-order chi connectivity index (χ1) is 24.3. The summed E-state index contributed by atoms with van der Waals surface area (Å²) in [7, 11) is 0.